The molecule has 0 atom stereocenters. The van der Waals surface area contributed by atoms with Crippen molar-refractivity contribution >= 4 is 20.8 Å². The van der Waals surface area contributed by atoms with Crippen molar-refractivity contribution in [1.29, 1.82) is 0 Å². The van der Waals surface area contributed by atoms with E-state index < -0.39 is 14.8 Å². The minimum atomic E-state index is -3.62. The average Bonchev–Trinajstić information content (AvgIpc) is 2.90. The van der Waals surface area contributed by atoms with Crippen LogP contribution < -0.4 is 5.14 Å². The Bertz CT molecular complexity index is 759. The maximum Gasteiger partial charge on any atom is 0.219 e. The topological polar surface area (TPSA) is 60.2 Å². The molecule has 3 rings (SSSR count). The number of primary sulfonamides is 1. The van der Waals surface area contributed by atoms with Crippen LogP contribution in [0.1, 0.15) is 36.8 Å². The lowest BCUT2D eigenvalue weighted by Crippen LogP contribution is -2.38. The van der Waals surface area contributed by atoms with Crippen LogP contribution in [0, 0.1) is 6.92 Å². The van der Waals surface area contributed by atoms with Crippen LogP contribution in [-0.2, 0) is 14.8 Å². The van der Waals surface area contributed by atoms with Gasteiger partial charge in [0, 0.05) is 0 Å². The van der Waals surface area contributed by atoms with Gasteiger partial charge in [0.15, 0.2) is 0 Å². The van der Waals surface area contributed by atoms with E-state index in [9.17, 15) is 8.42 Å². The Morgan fingerprint density at radius 1 is 1.00 bits per heavy atom. The van der Waals surface area contributed by atoms with Crippen LogP contribution in [0.25, 0.3) is 10.8 Å². The van der Waals surface area contributed by atoms with E-state index >= 15 is 0 Å². The molecule has 0 aromatic heterocycles. The zero-order chi connectivity index (χ0) is 14.4. The first-order valence-corrected chi connectivity index (χ1v) is 8.51. The number of aryl methyl sites for hydroxylation is 1. The number of rotatable bonds is 2. The number of benzene rings is 2. The third kappa shape index (κ3) is 1.86. The lowest BCUT2D eigenvalue weighted by molar-refractivity contribution is 0.527. The highest BCUT2D eigenvalue weighted by molar-refractivity contribution is 7.90. The Hall–Kier alpha value is -1.39. The molecule has 0 aliphatic heterocycles. The zero-order valence-electron chi connectivity index (χ0n) is 11.6. The van der Waals surface area contributed by atoms with Crippen molar-refractivity contribution in [2.75, 3.05) is 0 Å². The molecule has 1 aliphatic carbocycles. The van der Waals surface area contributed by atoms with Gasteiger partial charge >= 0.3 is 0 Å². The lowest BCUT2D eigenvalue weighted by Gasteiger charge is -2.28. The van der Waals surface area contributed by atoms with Gasteiger partial charge in [0.05, 0.1) is 0 Å². The van der Waals surface area contributed by atoms with Crippen LogP contribution >= 0.6 is 0 Å². The summed E-state index contributed by atoms with van der Waals surface area (Å²) in [5, 5.41) is 7.74. The lowest BCUT2D eigenvalue weighted by atomic mass is 9.90. The Labute approximate surface area is 119 Å². The monoisotopic (exact) mass is 289 g/mol. The van der Waals surface area contributed by atoms with Crippen LogP contribution in [0.15, 0.2) is 36.4 Å². The van der Waals surface area contributed by atoms with Crippen molar-refractivity contribution < 1.29 is 8.42 Å². The summed E-state index contributed by atoms with van der Waals surface area (Å²) in [5.41, 5.74) is 2.03. The van der Waals surface area contributed by atoms with Crippen molar-refractivity contribution in [3.63, 3.8) is 0 Å². The minimum Gasteiger partial charge on any atom is -0.228 e. The van der Waals surface area contributed by atoms with Crippen LogP contribution in [0.2, 0.25) is 0 Å². The number of sulfonamides is 1. The molecule has 1 saturated carbocycles. The molecule has 3 nitrogen and oxygen atoms in total. The summed E-state index contributed by atoms with van der Waals surface area (Å²) in [4.78, 5) is 0. The Balaban J connectivity index is 2.37. The van der Waals surface area contributed by atoms with Gasteiger partial charge in [-0.3, -0.25) is 0 Å². The minimum absolute atomic E-state index is 0.624. The summed E-state index contributed by atoms with van der Waals surface area (Å²) in [6.07, 6.45) is 3.08. The second-order valence-electron chi connectivity index (χ2n) is 5.72. The zero-order valence-corrected chi connectivity index (χ0v) is 12.4. The van der Waals surface area contributed by atoms with Crippen LogP contribution in [0.5, 0.6) is 0 Å². The van der Waals surface area contributed by atoms with Crippen molar-refractivity contribution in [3.8, 4) is 0 Å². The smallest absolute Gasteiger partial charge is 0.219 e. The van der Waals surface area contributed by atoms with Crippen molar-refractivity contribution in [3.05, 3.63) is 47.5 Å². The summed E-state index contributed by atoms with van der Waals surface area (Å²) >= 11 is 0. The number of nitrogens with two attached hydrogens (primary N) is 1. The molecule has 2 aromatic carbocycles. The van der Waals surface area contributed by atoms with E-state index in [0.717, 1.165) is 34.7 Å². The largest absolute Gasteiger partial charge is 0.228 e. The molecule has 2 aromatic rings. The van der Waals surface area contributed by atoms with Crippen LogP contribution in [0.3, 0.4) is 0 Å². The quantitative estimate of drug-likeness (QED) is 0.923. The first-order valence-electron chi connectivity index (χ1n) is 6.97. The average molecular weight is 289 g/mol. The molecule has 0 heterocycles. The molecule has 106 valence electrons. The highest BCUT2D eigenvalue weighted by atomic mass is 32.2. The fraction of sp³-hybridized carbons (Fsp3) is 0.375. The third-order valence-corrected chi connectivity index (χ3v) is 6.31. The van der Waals surface area contributed by atoms with E-state index in [1.807, 2.05) is 43.3 Å². The predicted molar refractivity (Wildman–Crippen MR) is 81.9 cm³/mol. The summed E-state index contributed by atoms with van der Waals surface area (Å²) in [5.74, 6) is 0. The second-order valence-corrected chi connectivity index (χ2v) is 7.59. The number of hydrogen-bond acceptors (Lipinski definition) is 2. The molecule has 0 radical (unpaired) electrons. The van der Waals surface area contributed by atoms with Gasteiger partial charge in [-0.05, 0) is 41.7 Å². The van der Waals surface area contributed by atoms with Crippen molar-refractivity contribution in [1.82, 2.24) is 0 Å². The summed E-state index contributed by atoms with van der Waals surface area (Å²) < 4.78 is 23.6. The van der Waals surface area contributed by atoms with E-state index in [0.29, 0.717) is 12.8 Å². The number of hydrogen-bond donors (Lipinski definition) is 1. The summed E-state index contributed by atoms with van der Waals surface area (Å²) in [6.45, 7) is 2.05. The molecule has 0 spiro atoms. The molecule has 0 amide bonds. The van der Waals surface area contributed by atoms with E-state index in [4.69, 9.17) is 5.14 Å². The van der Waals surface area contributed by atoms with Gasteiger partial charge in [0.1, 0.15) is 4.75 Å². The Morgan fingerprint density at radius 2 is 1.60 bits per heavy atom. The van der Waals surface area contributed by atoms with Crippen molar-refractivity contribution in [2.45, 2.75) is 37.4 Å². The molecule has 1 aliphatic rings. The van der Waals surface area contributed by atoms with E-state index in [1.165, 1.54) is 0 Å². The molecule has 20 heavy (non-hydrogen) atoms. The maximum absolute atomic E-state index is 12.3. The molecule has 4 heteroatoms. The standard InChI is InChI=1S/C16H19NO2S/c1-12-8-9-15(14-7-3-2-6-13(12)14)16(20(17,18)19)10-4-5-11-16/h2-3,6-9H,4-5,10-11H2,1H3,(H2,17,18,19). The Kier molecular flexibility index (Phi) is 3.10. The molecule has 0 saturated heterocycles. The summed E-state index contributed by atoms with van der Waals surface area (Å²) in [6, 6.07) is 11.9. The van der Waals surface area contributed by atoms with E-state index in [-0.39, 0.29) is 0 Å². The van der Waals surface area contributed by atoms with Gasteiger partial charge < -0.3 is 0 Å². The van der Waals surface area contributed by atoms with Gasteiger partial charge in [-0.2, -0.15) is 0 Å². The number of fused-ring (bicyclic) bond motifs is 1. The van der Waals surface area contributed by atoms with Gasteiger partial charge in [0.25, 0.3) is 0 Å². The van der Waals surface area contributed by atoms with Gasteiger partial charge in [-0.15, -0.1) is 0 Å². The third-order valence-electron chi connectivity index (χ3n) is 4.59. The van der Waals surface area contributed by atoms with E-state index in [2.05, 4.69) is 0 Å². The molecule has 2 N–H and O–H groups in total. The van der Waals surface area contributed by atoms with Gasteiger partial charge in [-0.1, -0.05) is 49.2 Å². The fourth-order valence-corrected chi connectivity index (χ4v) is 4.84. The van der Waals surface area contributed by atoms with Crippen molar-refractivity contribution in [2.24, 2.45) is 5.14 Å². The molecule has 0 unspecified atom stereocenters. The SMILES string of the molecule is Cc1ccc(C2(S(N)(=O)=O)CCCC2)c2ccccc12. The summed E-state index contributed by atoms with van der Waals surface area (Å²) in [7, 11) is -3.62. The first-order chi connectivity index (χ1) is 9.46. The van der Waals surface area contributed by atoms with Crippen LogP contribution in [-0.4, -0.2) is 8.42 Å². The van der Waals surface area contributed by atoms with Gasteiger partial charge in [-0.25, -0.2) is 13.6 Å². The second kappa shape index (κ2) is 4.57. The first kappa shape index (κ1) is 13.6. The molecular weight excluding hydrogens is 270 g/mol. The normalized spacial score (nSPS) is 18.5. The maximum atomic E-state index is 12.3. The van der Waals surface area contributed by atoms with E-state index in [1.54, 1.807) is 0 Å². The highest BCUT2D eigenvalue weighted by Gasteiger charge is 2.46. The predicted octanol–water partition coefficient (Wildman–Crippen LogP) is 3.21. The van der Waals surface area contributed by atoms with Gasteiger partial charge in [0.2, 0.25) is 10.0 Å². The van der Waals surface area contributed by atoms with Crippen LogP contribution in [0.4, 0.5) is 0 Å². The molecular formula is C16H19NO2S. The molecule has 1 fully saturated rings. The molecule has 0 bridgehead atoms. The fourth-order valence-electron chi connectivity index (χ4n) is 3.50. The highest BCUT2D eigenvalue weighted by Crippen LogP contribution is 2.46. The Morgan fingerprint density at radius 3 is 2.20 bits per heavy atom.